The van der Waals surface area contributed by atoms with E-state index >= 15 is 0 Å². The van der Waals surface area contributed by atoms with Crippen molar-refractivity contribution in [2.75, 3.05) is 40.9 Å². The van der Waals surface area contributed by atoms with Crippen molar-refractivity contribution in [2.45, 2.75) is 33.6 Å². The highest BCUT2D eigenvalue weighted by atomic mass is 19.1. The number of hydrogen-bond donors (Lipinski definition) is 3. The van der Waals surface area contributed by atoms with E-state index in [9.17, 15) is 4.39 Å². The molecule has 15 heavy (non-hydrogen) atoms. The molecule has 0 fully saturated rings. The fraction of sp³-hybridized carbons (Fsp3) is 1.00. The molecule has 4 N–H and O–H groups in total. The molecule has 0 aliphatic carbocycles. The minimum Gasteiger partial charge on any atom is -0.333 e. The van der Waals surface area contributed by atoms with Gasteiger partial charge in [0.1, 0.15) is 6.67 Å². The van der Waals surface area contributed by atoms with Gasteiger partial charge in [0.25, 0.3) is 0 Å². The zero-order valence-electron chi connectivity index (χ0n) is 11.5. The van der Waals surface area contributed by atoms with Crippen LogP contribution in [0.2, 0.25) is 0 Å². The quantitative estimate of drug-likeness (QED) is 0.625. The average Bonchev–Trinajstić information content (AvgIpc) is 2.33. The Bertz CT molecular complexity index is 49.1. The lowest BCUT2D eigenvalue weighted by molar-refractivity contribution is 0.481. The van der Waals surface area contributed by atoms with Crippen molar-refractivity contribution in [1.82, 2.24) is 10.6 Å². The Hall–Kier alpha value is -0.190. The van der Waals surface area contributed by atoms with Crippen LogP contribution in [0.25, 0.3) is 0 Å². The fourth-order valence-corrected chi connectivity index (χ4v) is 0.448. The topological polar surface area (TPSA) is 50.1 Å². The van der Waals surface area contributed by atoms with Gasteiger partial charge in [0.2, 0.25) is 0 Å². The molecule has 0 amide bonds. The smallest absolute Gasteiger partial charge is 0.102 e. The number of halogens is 1. The maximum atomic E-state index is 10.9. The summed E-state index contributed by atoms with van der Waals surface area (Å²) in [6.07, 6.45) is 2.59. The molecule has 0 spiro atoms. The first-order chi connectivity index (χ1) is 7.33. The van der Waals surface area contributed by atoms with Crippen LogP contribution in [0.15, 0.2) is 0 Å². The standard InChI is InChI=1S/C5H13N.C3H8FN.C2H6.CH5N/c1-3-4-5-6-2;1-5-3-2-4;2*1-2/h6H,3-5H2,1-2H3;5H,2-3H2,1H3;1-2H3;2H2,1H3. The molecule has 0 saturated carbocycles. The molecule has 0 aliphatic heterocycles. The van der Waals surface area contributed by atoms with Crippen molar-refractivity contribution >= 4 is 0 Å². The Morgan fingerprint density at radius 1 is 1.00 bits per heavy atom. The fourth-order valence-electron chi connectivity index (χ4n) is 0.448. The molecule has 0 saturated heterocycles. The first-order valence-electron chi connectivity index (χ1n) is 5.76. The molecule has 0 aromatic rings. The molecule has 3 nitrogen and oxygen atoms in total. The second-order valence-corrected chi connectivity index (χ2v) is 2.25. The van der Waals surface area contributed by atoms with Crippen molar-refractivity contribution in [3.05, 3.63) is 0 Å². The molecule has 4 heteroatoms. The molecule has 0 rings (SSSR count). The number of nitrogens with one attached hydrogen (secondary N) is 2. The summed E-state index contributed by atoms with van der Waals surface area (Å²) in [4.78, 5) is 0. The normalized spacial score (nSPS) is 7.20. The third-order valence-electron chi connectivity index (χ3n) is 1.12. The minimum atomic E-state index is -0.267. The van der Waals surface area contributed by atoms with Gasteiger partial charge in [0.05, 0.1) is 0 Å². The highest BCUT2D eigenvalue weighted by molar-refractivity contribution is 4.34. The Morgan fingerprint density at radius 3 is 1.47 bits per heavy atom. The molecule has 0 aromatic heterocycles. The van der Waals surface area contributed by atoms with Crippen molar-refractivity contribution in [1.29, 1.82) is 0 Å². The molecular weight excluding hydrogens is 193 g/mol. The van der Waals surface area contributed by atoms with Gasteiger partial charge >= 0.3 is 0 Å². The van der Waals surface area contributed by atoms with Crippen molar-refractivity contribution < 1.29 is 4.39 Å². The molecule has 98 valence electrons. The van der Waals surface area contributed by atoms with Crippen LogP contribution in [-0.2, 0) is 0 Å². The first kappa shape index (κ1) is 24.2. The Kier molecular flexibility index (Phi) is 78.7. The van der Waals surface area contributed by atoms with Crippen LogP contribution in [0.4, 0.5) is 4.39 Å². The molecule has 0 aromatic carbocycles. The van der Waals surface area contributed by atoms with Gasteiger partial charge in [0, 0.05) is 6.54 Å². The summed E-state index contributed by atoms with van der Waals surface area (Å²) in [5.41, 5.74) is 4.50. The number of unbranched alkanes of at least 4 members (excludes halogenated alkanes) is 1. The Labute approximate surface area is 96.0 Å². The Balaban J connectivity index is -0.0000000610. The highest BCUT2D eigenvalue weighted by Gasteiger charge is 1.73. The summed E-state index contributed by atoms with van der Waals surface area (Å²) in [5, 5.41) is 5.71. The SMILES string of the molecule is CC.CCCCNC.CN.CNCCF. The van der Waals surface area contributed by atoms with Crippen LogP contribution in [0.3, 0.4) is 0 Å². The van der Waals surface area contributed by atoms with Crippen LogP contribution in [-0.4, -0.2) is 40.9 Å². The van der Waals surface area contributed by atoms with Gasteiger partial charge in [0.15, 0.2) is 0 Å². The zero-order chi connectivity index (χ0) is 12.9. The van der Waals surface area contributed by atoms with Gasteiger partial charge < -0.3 is 16.4 Å². The van der Waals surface area contributed by atoms with Crippen molar-refractivity contribution in [3.8, 4) is 0 Å². The summed E-state index contributed by atoms with van der Waals surface area (Å²) in [6.45, 7) is 7.56. The maximum Gasteiger partial charge on any atom is 0.102 e. The lowest BCUT2D eigenvalue weighted by Gasteiger charge is -1.89. The van der Waals surface area contributed by atoms with Crippen molar-refractivity contribution in [2.24, 2.45) is 5.73 Å². The zero-order valence-corrected chi connectivity index (χ0v) is 11.5. The van der Waals surface area contributed by atoms with Gasteiger partial charge in [-0.15, -0.1) is 0 Å². The third-order valence-corrected chi connectivity index (χ3v) is 1.12. The van der Waals surface area contributed by atoms with Gasteiger partial charge in [-0.3, -0.25) is 0 Å². The molecule has 0 radical (unpaired) electrons. The predicted molar refractivity (Wildman–Crippen MR) is 70.2 cm³/mol. The predicted octanol–water partition coefficient (Wildman–Crippen LogP) is 1.78. The number of hydrogen-bond acceptors (Lipinski definition) is 3. The summed E-state index contributed by atoms with van der Waals surface area (Å²) >= 11 is 0. The maximum absolute atomic E-state index is 10.9. The van der Waals surface area contributed by atoms with Crippen LogP contribution in [0, 0.1) is 0 Å². The lowest BCUT2D eigenvalue weighted by atomic mass is 10.3. The first-order valence-corrected chi connectivity index (χ1v) is 5.76. The van der Waals surface area contributed by atoms with E-state index in [1.807, 2.05) is 20.9 Å². The third kappa shape index (κ3) is 83.3. The summed E-state index contributed by atoms with van der Waals surface area (Å²) < 4.78 is 10.9. The Morgan fingerprint density at radius 2 is 1.40 bits per heavy atom. The second-order valence-electron chi connectivity index (χ2n) is 2.25. The van der Waals surface area contributed by atoms with E-state index in [0.29, 0.717) is 6.54 Å². The van der Waals surface area contributed by atoms with Gasteiger partial charge in [-0.05, 0) is 34.1 Å². The number of alkyl halides is 1. The van der Waals surface area contributed by atoms with E-state index in [-0.39, 0.29) is 6.67 Å². The molecule has 0 heterocycles. The van der Waals surface area contributed by atoms with E-state index in [1.54, 1.807) is 7.05 Å². The van der Waals surface area contributed by atoms with Gasteiger partial charge in [-0.1, -0.05) is 27.2 Å². The van der Waals surface area contributed by atoms with Crippen LogP contribution in [0.5, 0.6) is 0 Å². The summed E-state index contributed by atoms with van der Waals surface area (Å²) in [6, 6.07) is 0. The molecule has 0 bridgehead atoms. The van der Waals surface area contributed by atoms with Crippen LogP contribution in [0.1, 0.15) is 33.6 Å². The molecule has 0 atom stereocenters. The van der Waals surface area contributed by atoms with E-state index in [4.69, 9.17) is 0 Å². The van der Waals surface area contributed by atoms with E-state index in [2.05, 4.69) is 23.3 Å². The van der Waals surface area contributed by atoms with Crippen molar-refractivity contribution in [3.63, 3.8) is 0 Å². The number of nitrogens with two attached hydrogens (primary N) is 1. The average molecular weight is 225 g/mol. The lowest BCUT2D eigenvalue weighted by Crippen LogP contribution is -2.08. The van der Waals surface area contributed by atoms with E-state index < -0.39 is 0 Å². The molecular formula is C11H32FN3. The van der Waals surface area contributed by atoms with E-state index in [1.165, 1.54) is 19.9 Å². The largest absolute Gasteiger partial charge is 0.333 e. The van der Waals surface area contributed by atoms with Crippen LogP contribution >= 0.6 is 0 Å². The molecule has 0 unspecified atom stereocenters. The van der Waals surface area contributed by atoms with Crippen LogP contribution < -0.4 is 16.4 Å². The molecule has 0 aliphatic rings. The van der Waals surface area contributed by atoms with E-state index in [0.717, 1.165) is 6.54 Å². The van der Waals surface area contributed by atoms with Gasteiger partial charge in [-0.25, -0.2) is 4.39 Å². The summed E-state index contributed by atoms with van der Waals surface area (Å²) in [5.74, 6) is 0. The second kappa shape index (κ2) is 48.9. The van der Waals surface area contributed by atoms with Gasteiger partial charge in [-0.2, -0.15) is 0 Å². The number of rotatable bonds is 5. The highest BCUT2D eigenvalue weighted by Crippen LogP contribution is 1.79. The summed E-state index contributed by atoms with van der Waals surface area (Å²) in [7, 11) is 5.20. The minimum absolute atomic E-state index is 0.267. The monoisotopic (exact) mass is 225 g/mol.